The van der Waals surface area contributed by atoms with Crippen LogP contribution in [-0.2, 0) is 14.8 Å². The lowest BCUT2D eigenvalue weighted by Gasteiger charge is -2.21. The van der Waals surface area contributed by atoms with Crippen molar-refractivity contribution in [3.8, 4) is 0 Å². The van der Waals surface area contributed by atoms with E-state index in [-0.39, 0.29) is 12.5 Å². The maximum Gasteiger partial charge on any atom is 0.235 e. The summed E-state index contributed by atoms with van der Waals surface area (Å²) in [5.74, 6) is 0.0659. The van der Waals surface area contributed by atoms with E-state index in [0.29, 0.717) is 12.5 Å². The van der Waals surface area contributed by atoms with Crippen LogP contribution in [0.3, 0.4) is 0 Å². The normalized spacial score (nSPS) is 18.2. The maximum absolute atomic E-state index is 11.9. The molecular formula is C16H24ClN3O3S. The molecule has 1 aromatic rings. The van der Waals surface area contributed by atoms with Gasteiger partial charge in [0.1, 0.15) is 0 Å². The summed E-state index contributed by atoms with van der Waals surface area (Å²) < 4.78 is 23.7. The van der Waals surface area contributed by atoms with E-state index in [1.54, 1.807) is 0 Å². The summed E-state index contributed by atoms with van der Waals surface area (Å²) in [6, 6.07) is 5.86. The fourth-order valence-electron chi connectivity index (χ4n) is 2.77. The minimum absolute atomic E-state index is 0.150. The van der Waals surface area contributed by atoms with E-state index in [0.717, 1.165) is 40.8 Å². The molecular weight excluding hydrogens is 350 g/mol. The number of hydrogen-bond donors (Lipinski definition) is 1. The van der Waals surface area contributed by atoms with Crippen LogP contribution in [0.5, 0.6) is 0 Å². The number of carbonyl (C=O) groups is 1. The van der Waals surface area contributed by atoms with Crippen molar-refractivity contribution in [2.75, 3.05) is 44.4 Å². The molecule has 1 amide bonds. The fraction of sp³-hybridized carbons (Fsp3) is 0.562. The molecule has 6 nitrogen and oxygen atoms in total. The molecule has 0 aromatic heterocycles. The zero-order valence-corrected chi connectivity index (χ0v) is 15.8. The Bertz CT molecular complexity index is 709. The highest BCUT2D eigenvalue weighted by atomic mass is 35.5. The summed E-state index contributed by atoms with van der Waals surface area (Å²) in [7, 11) is -1.94. The molecule has 0 bridgehead atoms. The molecule has 0 aliphatic carbocycles. The molecule has 134 valence electrons. The summed E-state index contributed by atoms with van der Waals surface area (Å²) >= 11 is 6.08. The smallest absolute Gasteiger partial charge is 0.235 e. The number of nitrogens with one attached hydrogen (secondary N) is 1. The number of aryl methyl sites for hydroxylation is 1. The van der Waals surface area contributed by atoms with Gasteiger partial charge in [0.05, 0.1) is 12.8 Å². The number of halogens is 1. The van der Waals surface area contributed by atoms with Gasteiger partial charge < -0.3 is 10.2 Å². The molecule has 1 fully saturated rings. The first-order chi connectivity index (χ1) is 11.2. The van der Waals surface area contributed by atoms with E-state index in [9.17, 15) is 13.2 Å². The quantitative estimate of drug-likeness (QED) is 0.820. The predicted octanol–water partition coefficient (Wildman–Crippen LogP) is 1.48. The molecule has 1 aliphatic rings. The Kier molecular flexibility index (Phi) is 6.11. The van der Waals surface area contributed by atoms with Crippen molar-refractivity contribution in [3.05, 3.63) is 28.8 Å². The van der Waals surface area contributed by atoms with Crippen molar-refractivity contribution in [1.29, 1.82) is 0 Å². The van der Waals surface area contributed by atoms with Crippen molar-refractivity contribution in [1.82, 2.24) is 9.62 Å². The Labute approximate surface area is 148 Å². The van der Waals surface area contributed by atoms with Crippen LogP contribution in [0.4, 0.5) is 5.69 Å². The van der Waals surface area contributed by atoms with Crippen molar-refractivity contribution in [3.63, 3.8) is 0 Å². The molecule has 1 heterocycles. The molecule has 1 aromatic carbocycles. The van der Waals surface area contributed by atoms with Gasteiger partial charge in [0.2, 0.25) is 15.9 Å². The van der Waals surface area contributed by atoms with Gasteiger partial charge in [-0.15, -0.1) is 0 Å². The van der Waals surface area contributed by atoms with E-state index in [1.807, 2.05) is 18.2 Å². The van der Waals surface area contributed by atoms with Crippen LogP contribution in [0.25, 0.3) is 0 Å². The molecule has 1 atom stereocenters. The third-order valence-electron chi connectivity index (χ3n) is 4.32. The van der Waals surface area contributed by atoms with Crippen molar-refractivity contribution in [2.45, 2.75) is 13.3 Å². The van der Waals surface area contributed by atoms with Gasteiger partial charge >= 0.3 is 0 Å². The number of likely N-dealkylation sites (N-methyl/N-ethyl adjacent to an activating group) is 1. The Morgan fingerprint density at radius 3 is 2.83 bits per heavy atom. The first-order valence-corrected chi connectivity index (χ1v) is 10.1. The topological polar surface area (TPSA) is 69.7 Å². The maximum atomic E-state index is 11.9. The van der Waals surface area contributed by atoms with E-state index in [2.05, 4.69) is 17.1 Å². The lowest BCUT2D eigenvalue weighted by Crippen LogP contribution is -2.40. The van der Waals surface area contributed by atoms with E-state index in [1.165, 1.54) is 12.6 Å². The first-order valence-electron chi connectivity index (χ1n) is 7.86. The molecule has 24 heavy (non-hydrogen) atoms. The van der Waals surface area contributed by atoms with Crippen molar-refractivity contribution in [2.24, 2.45) is 5.92 Å². The molecule has 1 N–H and O–H groups in total. The number of benzene rings is 1. The highest BCUT2D eigenvalue weighted by molar-refractivity contribution is 7.88. The summed E-state index contributed by atoms with van der Waals surface area (Å²) in [5, 5.41) is 3.55. The van der Waals surface area contributed by atoms with Gasteiger partial charge in [0.15, 0.2) is 0 Å². The van der Waals surface area contributed by atoms with Gasteiger partial charge in [-0.3, -0.25) is 4.79 Å². The van der Waals surface area contributed by atoms with Gasteiger partial charge in [-0.1, -0.05) is 17.7 Å². The molecule has 1 saturated heterocycles. The van der Waals surface area contributed by atoms with Crippen LogP contribution in [0.2, 0.25) is 5.02 Å². The lowest BCUT2D eigenvalue weighted by atomic mass is 10.1. The van der Waals surface area contributed by atoms with Crippen molar-refractivity contribution >= 4 is 33.2 Å². The third-order valence-corrected chi connectivity index (χ3v) is 5.81. The summed E-state index contributed by atoms with van der Waals surface area (Å²) in [5.41, 5.74) is 2.31. The van der Waals surface area contributed by atoms with Gasteiger partial charge in [-0.2, -0.15) is 4.31 Å². The lowest BCUT2D eigenvalue weighted by molar-refractivity contribution is -0.121. The molecule has 2 rings (SSSR count). The number of anilines is 1. The minimum atomic E-state index is -3.34. The molecule has 8 heteroatoms. The predicted molar refractivity (Wildman–Crippen MR) is 97.0 cm³/mol. The molecule has 1 aliphatic heterocycles. The summed E-state index contributed by atoms with van der Waals surface area (Å²) in [4.78, 5) is 14.1. The number of sulfonamides is 1. The Balaban J connectivity index is 1.84. The Morgan fingerprint density at radius 1 is 1.46 bits per heavy atom. The average molecular weight is 374 g/mol. The molecule has 0 spiro atoms. The van der Waals surface area contributed by atoms with Gasteiger partial charge in [-0.05, 0) is 37.0 Å². The zero-order chi connectivity index (χ0) is 17.9. The van der Waals surface area contributed by atoms with Crippen LogP contribution < -0.4 is 10.2 Å². The standard InChI is InChI=1S/C16H24ClN3O3S/c1-12-4-5-14(17)8-15(12)20-7-6-13(10-20)9-18-16(21)11-19(2)24(3,22)23/h4-5,8,13H,6-7,9-11H2,1-3H3,(H,18,21). The van der Waals surface area contributed by atoms with Crippen LogP contribution in [-0.4, -0.2) is 58.1 Å². The highest BCUT2D eigenvalue weighted by Crippen LogP contribution is 2.29. The summed E-state index contributed by atoms with van der Waals surface area (Å²) in [6.45, 7) is 4.23. The number of carbonyl (C=O) groups excluding carboxylic acids is 1. The van der Waals surface area contributed by atoms with Crippen molar-refractivity contribution < 1.29 is 13.2 Å². The number of nitrogens with zero attached hydrogens (tertiary/aromatic N) is 2. The molecule has 1 unspecified atom stereocenters. The monoisotopic (exact) mass is 373 g/mol. The van der Waals surface area contributed by atoms with Gasteiger partial charge in [0, 0.05) is 37.4 Å². The number of amides is 1. The van der Waals surface area contributed by atoms with Gasteiger partial charge in [0.25, 0.3) is 0 Å². The van der Waals surface area contributed by atoms with Crippen LogP contribution in [0, 0.1) is 12.8 Å². The average Bonchev–Trinajstić information content (AvgIpc) is 2.95. The van der Waals surface area contributed by atoms with Crippen LogP contribution in [0.15, 0.2) is 18.2 Å². The SMILES string of the molecule is Cc1ccc(Cl)cc1N1CCC(CNC(=O)CN(C)S(C)(=O)=O)C1. The number of hydrogen-bond acceptors (Lipinski definition) is 4. The van der Waals surface area contributed by atoms with E-state index < -0.39 is 10.0 Å². The summed E-state index contributed by atoms with van der Waals surface area (Å²) in [6.07, 6.45) is 2.07. The third kappa shape index (κ3) is 5.09. The highest BCUT2D eigenvalue weighted by Gasteiger charge is 2.24. The second kappa shape index (κ2) is 7.72. The molecule has 0 saturated carbocycles. The Hall–Kier alpha value is -1.31. The Morgan fingerprint density at radius 2 is 2.17 bits per heavy atom. The van der Waals surface area contributed by atoms with Crippen LogP contribution in [0.1, 0.15) is 12.0 Å². The van der Waals surface area contributed by atoms with Gasteiger partial charge in [-0.25, -0.2) is 8.42 Å². The zero-order valence-electron chi connectivity index (χ0n) is 14.3. The number of rotatable bonds is 6. The van der Waals surface area contributed by atoms with E-state index >= 15 is 0 Å². The first kappa shape index (κ1) is 19.0. The minimum Gasteiger partial charge on any atom is -0.371 e. The fourth-order valence-corrected chi connectivity index (χ4v) is 3.29. The largest absolute Gasteiger partial charge is 0.371 e. The second-order valence-electron chi connectivity index (χ2n) is 6.35. The van der Waals surface area contributed by atoms with E-state index in [4.69, 9.17) is 11.6 Å². The molecule has 0 radical (unpaired) electrons. The van der Waals surface area contributed by atoms with Crippen LogP contribution >= 0.6 is 11.6 Å². The second-order valence-corrected chi connectivity index (χ2v) is 8.88.